The van der Waals surface area contributed by atoms with Crippen LogP contribution >= 0.6 is 11.6 Å². The molecule has 1 aromatic rings. The Bertz CT molecular complexity index is 582. The van der Waals surface area contributed by atoms with Crippen molar-refractivity contribution in [3.05, 3.63) is 28.8 Å². The first kappa shape index (κ1) is 17.6. The maximum absolute atomic E-state index is 12.2. The Kier molecular flexibility index (Phi) is 5.88. The summed E-state index contributed by atoms with van der Waals surface area (Å²) in [5.74, 6) is -0.578. The number of rotatable bonds is 6. The number of ether oxygens (including phenoxy) is 1. The maximum atomic E-state index is 12.2. The number of nitrogens with one attached hydrogen (secondary N) is 1. The van der Waals surface area contributed by atoms with Crippen LogP contribution in [0.25, 0.3) is 0 Å². The molecule has 1 saturated carbocycles. The van der Waals surface area contributed by atoms with Gasteiger partial charge in [-0.15, -0.1) is 0 Å². The highest BCUT2D eigenvalue weighted by atomic mass is 35.5. The van der Waals surface area contributed by atoms with Crippen molar-refractivity contribution >= 4 is 23.5 Å². The third kappa shape index (κ3) is 4.38. The summed E-state index contributed by atoms with van der Waals surface area (Å²) in [5, 5.41) is 12.7. The molecular weight excluding hydrogens is 318 g/mol. The molecule has 0 aliphatic heterocycles. The van der Waals surface area contributed by atoms with Crippen LogP contribution in [0.4, 0.5) is 0 Å². The van der Waals surface area contributed by atoms with Gasteiger partial charge in [-0.2, -0.15) is 0 Å². The summed E-state index contributed by atoms with van der Waals surface area (Å²) in [5.41, 5.74) is -0.175. The van der Waals surface area contributed by atoms with Gasteiger partial charge in [0.05, 0.1) is 12.1 Å². The number of methoxy groups -OCH3 is 1. The minimum Gasteiger partial charge on any atom is -0.495 e. The number of aliphatic carboxylic acids is 1. The molecule has 0 unspecified atom stereocenters. The van der Waals surface area contributed by atoms with Crippen molar-refractivity contribution in [1.29, 1.82) is 0 Å². The molecule has 0 saturated heterocycles. The molecule has 0 atom stereocenters. The monoisotopic (exact) mass is 339 g/mol. The molecule has 23 heavy (non-hydrogen) atoms. The number of aryl methyl sites for hydroxylation is 1. The maximum Gasteiger partial charge on any atom is 0.329 e. The molecule has 1 amide bonds. The summed E-state index contributed by atoms with van der Waals surface area (Å²) in [4.78, 5) is 23.7. The van der Waals surface area contributed by atoms with E-state index < -0.39 is 11.5 Å². The lowest BCUT2D eigenvalue weighted by atomic mass is 9.81. The molecule has 0 spiro atoms. The van der Waals surface area contributed by atoms with Gasteiger partial charge in [0, 0.05) is 6.42 Å². The molecule has 126 valence electrons. The normalized spacial score (nSPS) is 16.6. The van der Waals surface area contributed by atoms with Crippen LogP contribution in [0.5, 0.6) is 5.75 Å². The SMILES string of the molecule is COc1ccc(CCC(=O)NC2(C(=O)O)CCCCC2)cc1Cl. The second-order valence-corrected chi connectivity index (χ2v) is 6.37. The van der Waals surface area contributed by atoms with Gasteiger partial charge in [-0.05, 0) is 37.0 Å². The Balaban J connectivity index is 1.94. The van der Waals surface area contributed by atoms with Crippen LogP contribution in [0.3, 0.4) is 0 Å². The van der Waals surface area contributed by atoms with Gasteiger partial charge in [0.2, 0.25) is 5.91 Å². The van der Waals surface area contributed by atoms with Crippen LogP contribution in [0.1, 0.15) is 44.1 Å². The Morgan fingerprint density at radius 2 is 2.00 bits per heavy atom. The molecule has 0 aromatic heterocycles. The fourth-order valence-corrected chi connectivity index (χ4v) is 3.28. The third-order valence-electron chi connectivity index (χ3n) is 4.35. The van der Waals surface area contributed by atoms with Crippen LogP contribution in [0.2, 0.25) is 5.02 Å². The van der Waals surface area contributed by atoms with E-state index in [0.717, 1.165) is 24.8 Å². The van der Waals surface area contributed by atoms with E-state index in [1.54, 1.807) is 19.2 Å². The Hall–Kier alpha value is -1.75. The van der Waals surface area contributed by atoms with Crippen molar-refractivity contribution in [2.75, 3.05) is 7.11 Å². The zero-order valence-corrected chi connectivity index (χ0v) is 14.0. The summed E-state index contributed by atoms with van der Waals surface area (Å²) in [7, 11) is 1.55. The summed E-state index contributed by atoms with van der Waals surface area (Å²) in [6.07, 6.45) is 4.43. The number of benzene rings is 1. The molecule has 1 aromatic carbocycles. The van der Waals surface area contributed by atoms with Gasteiger partial charge in [-0.3, -0.25) is 4.79 Å². The average molecular weight is 340 g/mol. The molecule has 1 aliphatic rings. The molecule has 2 rings (SSSR count). The number of carboxylic acid groups (broad SMARTS) is 1. The second kappa shape index (κ2) is 7.68. The highest BCUT2D eigenvalue weighted by Crippen LogP contribution is 2.29. The van der Waals surface area contributed by atoms with E-state index in [0.29, 0.717) is 30.0 Å². The van der Waals surface area contributed by atoms with E-state index in [-0.39, 0.29) is 12.3 Å². The van der Waals surface area contributed by atoms with E-state index in [9.17, 15) is 14.7 Å². The van der Waals surface area contributed by atoms with Gasteiger partial charge < -0.3 is 15.2 Å². The minimum absolute atomic E-state index is 0.234. The molecule has 0 radical (unpaired) electrons. The van der Waals surface area contributed by atoms with Crippen molar-refractivity contribution < 1.29 is 19.4 Å². The molecule has 1 fully saturated rings. The van der Waals surface area contributed by atoms with Gasteiger partial charge in [0.15, 0.2) is 0 Å². The Morgan fingerprint density at radius 3 is 2.57 bits per heavy atom. The van der Waals surface area contributed by atoms with Crippen molar-refractivity contribution in [2.45, 2.75) is 50.5 Å². The van der Waals surface area contributed by atoms with Crippen LogP contribution in [-0.2, 0) is 16.0 Å². The molecule has 1 aliphatic carbocycles. The van der Waals surface area contributed by atoms with E-state index >= 15 is 0 Å². The van der Waals surface area contributed by atoms with Gasteiger partial charge in [0.1, 0.15) is 11.3 Å². The Labute approximate surface area is 141 Å². The molecular formula is C17H22ClNO4. The van der Waals surface area contributed by atoms with Gasteiger partial charge in [0.25, 0.3) is 0 Å². The smallest absolute Gasteiger partial charge is 0.329 e. The lowest BCUT2D eigenvalue weighted by molar-refractivity contribution is -0.149. The lowest BCUT2D eigenvalue weighted by Gasteiger charge is -2.34. The zero-order valence-electron chi connectivity index (χ0n) is 13.2. The number of carbonyl (C=O) groups is 2. The standard InChI is InChI=1S/C17H22ClNO4/c1-23-14-7-5-12(11-13(14)18)6-8-15(20)19-17(16(21)22)9-3-2-4-10-17/h5,7,11H,2-4,6,8-10H2,1H3,(H,19,20)(H,21,22). The number of hydrogen-bond acceptors (Lipinski definition) is 3. The van der Waals surface area contributed by atoms with Gasteiger partial charge in [-0.1, -0.05) is 36.9 Å². The number of carbonyl (C=O) groups excluding carboxylic acids is 1. The highest BCUT2D eigenvalue weighted by Gasteiger charge is 2.40. The lowest BCUT2D eigenvalue weighted by Crippen LogP contribution is -2.55. The molecule has 6 heteroatoms. The minimum atomic E-state index is -1.09. The van der Waals surface area contributed by atoms with Crippen molar-refractivity contribution in [3.63, 3.8) is 0 Å². The molecule has 0 bridgehead atoms. The zero-order chi connectivity index (χ0) is 16.9. The van der Waals surface area contributed by atoms with E-state index in [2.05, 4.69) is 5.32 Å². The van der Waals surface area contributed by atoms with Gasteiger partial charge >= 0.3 is 5.97 Å². The van der Waals surface area contributed by atoms with Crippen LogP contribution in [0.15, 0.2) is 18.2 Å². The highest BCUT2D eigenvalue weighted by molar-refractivity contribution is 6.32. The first-order valence-electron chi connectivity index (χ1n) is 7.84. The van der Waals surface area contributed by atoms with E-state index in [4.69, 9.17) is 16.3 Å². The Morgan fingerprint density at radius 1 is 1.30 bits per heavy atom. The molecule has 5 nitrogen and oxygen atoms in total. The fourth-order valence-electron chi connectivity index (χ4n) is 3.00. The van der Waals surface area contributed by atoms with Gasteiger partial charge in [-0.25, -0.2) is 4.79 Å². The predicted molar refractivity (Wildman–Crippen MR) is 87.9 cm³/mol. The van der Waals surface area contributed by atoms with Crippen LogP contribution in [-0.4, -0.2) is 29.6 Å². The first-order chi connectivity index (χ1) is 11.0. The number of hydrogen-bond donors (Lipinski definition) is 2. The van der Waals surface area contributed by atoms with Crippen LogP contribution < -0.4 is 10.1 Å². The van der Waals surface area contributed by atoms with Crippen LogP contribution in [0, 0.1) is 0 Å². The summed E-state index contributed by atoms with van der Waals surface area (Å²) >= 11 is 6.06. The summed E-state index contributed by atoms with van der Waals surface area (Å²) < 4.78 is 5.09. The average Bonchev–Trinajstić information content (AvgIpc) is 2.54. The number of amides is 1. The number of carboxylic acids is 1. The van der Waals surface area contributed by atoms with Crippen molar-refractivity contribution in [3.8, 4) is 5.75 Å². The summed E-state index contributed by atoms with van der Waals surface area (Å²) in [6, 6.07) is 5.38. The van der Waals surface area contributed by atoms with Crippen molar-refractivity contribution in [2.24, 2.45) is 0 Å². The second-order valence-electron chi connectivity index (χ2n) is 5.96. The first-order valence-corrected chi connectivity index (χ1v) is 8.21. The molecule has 0 heterocycles. The van der Waals surface area contributed by atoms with E-state index in [1.807, 2.05) is 6.07 Å². The van der Waals surface area contributed by atoms with E-state index in [1.165, 1.54) is 0 Å². The summed E-state index contributed by atoms with van der Waals surface area (Å²) in [6.45, 7) is 0. The topological polar surface area (TPSA) is 75.6 Å². The third-order valence-corrected chi connectivity index (χ3v) is 4.65. The largest absolute Gasteiger partial charge is 0.495 e. The van der Waals surface area contributed by atoms with Crippen molar-refractivity contribution in [1.82, 2.24) is 5.32 Å². The predicted octanol–water partition coefficient (Wildman–Crippen LogP) is 3.18. The fraction of sp³-hybridized carbons (Fsp3) is 0.529. The molecule has 2 N–H and O–H groups in total. The quantitative estimate of drug-likeness (QED) is 0.834. The number of halogens is 1.